The van der Waals surface area contributed by atoms with E-state index in [0.717, 1.165) is 10.6 Å². The molecule has 0 fully saturated rings. The molecule has 0 aliphatic heterocycles. The fourth-order valence-electron chi connectivity index (χ4n) is 1.76. The van der Waals surface area contributed by atoms with E-state index in [4.69, 9.17) is 5.73 Å². The van der Waals surface area contributed by atoms with Crippen LogP contribution >= 0.6 is 11.5 Å². The number of nitrogens with two attached hydrogens (primary N) is 1. The molecule has 16 heavy (non-hydrogen) atoms. The van der Waals surface area contributed by atoms with Crippen LogP contribution in [0, 0.1) is 0 Å². The molecule has 4 heteroatoms. The maximum Gasteiger partial charge on any atom is 0.232 e. The highest BCUT2D eigenvalue weighted by Gasteiger charge is 2.07. The van der Waals surface area contributed by atoms with E-state index in [0.29, 0.717) is 5.95 Å². The zero-order valence-electron chi connectivity index (χ0n) is 8.42. The molecule has 0 unspecified atom stereocenters. The number of hydrogen-bond donors (Lipinski definition) is 1. The van der Waals surface area contributed by atoms with E-state index in [1.165, 1.54) is 22.3 Å². The summed E-state index contributed by atoms with van der Waals surface area (Å²) in [4.78, 5) is 4.22. The Balaban J connectivity index is 2.31. The number of hydrogen-bond acceptors (Lipinski definition) is 4. The van der Waals surface area contributed by atoms with E-state index in [1.807, 2.05) is 24.3 Å². The Bertz CT molecular complexity index is 640. The van der Waals surface area contributed by atoms with Crippen molar-refractivity contribution in [2.45, 2.75) is 0 Å². The molecule has 0 atom stereocenters. The van der Waals surface area contributed by atoms with Gasteiger partial charge < -0.3 is 5.73 Å². The largest absolute Gasteiger partial charge is 0.367 e. The van der Waals surface area contributed by atoms with Gasteiger partial charge >= 0.3 is 0 Å². The van der Waals surface area contributed by atoms with E-state index >= 15 is 0 Å². The predicted octanol–water partition coefficient (Wildman–Crippen LogP) is 2.94. The van der Waals surface area contributed by atoms with Crippen molar-refractivity contribution in [3.63, 3.8) is 0 Å². The molecule has 0 radical (unpaired) electrons. The first kappa shape index (κ1) is 9.30. The first-order valence-corrected chi connectivity index (χ1v) is 5.69. The third-order valence-electron chi connectivity index (χ3n) is 2.46. The second kappa shape index (κ2) is 3.57. The normalized spacial score (nSPS) is 10.8. The monoisotopic (exact) mass is 227 g/mol. The average Bonchev–Trinajstić information content (AvgIpc) is 2.75. The Morgan fingerprint density at radius 1 is 1.00 bits per heavy atom. The summed E-state index contributed by atoms with van der Waals surface area (Å²) < 4.78 is 4.01. The maximum atomic E-state index is 5.55. The zero-order chi connectivity index (χ0) is 11.0. The Kier molecular flexibility index (Phi) is 2.08. The molecule has 3 nitrogen and oxygen atoms in total. The lowest BCUT2D eigenvalue weighted by Gasteiger charge is -2.02. The number of anilines is 1. The first-order valence-electron chi connectivity index (χ1n) is 4.92. The standard InChI is InChI=1S/C12H9N3S/c13-12-14-11(16-15-12)10-7-3-5-8-4-1-2-6-9(8)10/h1-7H,(H2,13,15). The van der Waals surface area contributed by atoms with Gasteiger partial charge in [0.2, 0.25) is 5.95 Å². The van der Waals surface area contributed by atoms with Crippen molar-refractivity contribution in [1.29, 1.82) is 0 Å². The van der Waals surface area contributed by atoms with Gasteiger partial charge in [0.1, 0.15) is 5.01 Å². The van der Waals surface area contributed by atoms with Crippen molar-refractivity contribution in [3.8, 4) is 10.6 Å². The van der Waals surface area contributed by atoms with Gasteiger partial charge in [0.05, 0.1) is 0 Å². The number of benzene rings is 2. The summed E-state index contributed by atoms with van der Waals surface area (Å²) in [6.45, 7) is 0. The minimum Gasteiger partial charge on any atom is -0.367 e. The quantitative estimate of drug-likeness (QED) is 0.695. The van der Waals surface area contributed by atoms with E-state index in [9.17, 15) is 0 Å². The third kappa shape index (κ3) is 1.44. The molecule has 78 valence electrons. The third-order valence-corrected chi connectivity index (χ3v) is 3.22. The van der Waals surface area contributed by atoms with Gasteiger partial charge in [-0.3, -0.25) is 0 Å². The van der Waals surface area contributed by atoms with Crippen LogP contribution in [0.5, 0.6) is 0 Å². The Labute approximate surface area is 96.7 Å². The zero-order valence-corrected chi connectivity index (χ0v) is 9.24. The molecule has 0 bridgehead atoms. The smallest absolute Gasteiger partial charge is 0.232 e. The lowest BCUT2D eigenvalue weighted by Crippen LogP contribution is -1.86. The highest BCUT2D eigenvalue weighted by atomic mass is 32.1. The second-order valence-electron chi connectivity index (χ2n) is 3.48. The van der Waals surface area contributed by atoms with Gasteiger partial charge in [-0.05, 0) is 22.3 Å². The van der Waals surface area contributed by atoms with Crippen molar-refractivity contribution in [2.24, 2.45) is 0 Å². The predicted molar refractivity (Wildman–Crippen MR) is 67.3 cm³/mol. The number of aromatic nitrogens is 2. The van der Waals surface area contributed by atoms with Crippen LogP contribution in [-0.2, 0) is 0 Å². The summed E-state index contributed by atoms with van der Waals surface area (Å²) in [6.07, 6.45) is 0. The number of nitrogen functional groups attached to an aromatic ring is 1. The summed E-state index contributed by atoms with van der Waals surface area (Å²) >= 11 is 1.33. The van der Waals surface area contributed by atoms with Gasteiger partial charge in [-0.2, -0.15) is 9.36 Å². The van der Waals surface area contributed by atoms with Crippen molar-refractivity contribution < 1.29 is 0 Å². The van der Waals surface area contributed by atoms with Gasteiger partial charge in [0.25, 0.3) is 0 Å². The van der Waals surface area contributed by atoms with Crippen LogP contribution < -0.4 is 5.73 Å². The second-order valence-corrected chi connectivity index (χ2v) is 4.24. The minimum absolute atomic E-state index is 0.341. The topological polar surface area (TPSA) is 51.8 Å². The van der Waals surface area contributed by atoms with Crippen LogP contribution in [0.15, 0.2) is 42.5 Å². The molecule has 0 amide bonds. The lowest BCUT2D eigenvalue weighted by molar-refractivity contribution is 1.34. The maximum absolute atomic E-state index is 5.55. The van der Waals surface area contributed by atoms with Crippen LogP contribution in [0.4, 0.5) is 5.95 Å². The van der Waals surface area contributed by atoms with Crippen LogP contribution in [0.2, 0.25) is 0 Å². The van der Waals surface area contributed by atoms with Crippen LogP contribution in [0.1, 0.15) is 0 Å². The van der Waals surface area contributed by atoms with Crippen LogP contribution in [0.25, 0.3) is 21.3 Å². The molecule has 0 aliphatic rings. The molecule has 2 aromatic carbocycles. The molecule has 1 aromatic heterocycles. The molecule has 1 heterocycles. The van der Waals surface area contributed by atoms with Gasteiger partial charge in [0, 0.05) is 5.56 Å². The number of fused-ring (bicyclic) bond motifs is 1. The van der Waals surface area contributed by atoms with Crippen LogP contribution in [0.3, 0.4) is 0 Å². The highest BCUT2D eigenvalue weighted by Crippen LogP contribution is 2.29. The molecule has 2 N–H and O–H groups in total. The lowest BCUT2D eigenvalue weighted by atomic mass is 10.1. The molecule has 3 rings (SSSR count). The fraction of sp³-hybridized carbons (Fsp3) is 0. The summed E-state index contributed by atoms with van der Waals surface area (Å²) in [5.74, 6) is 0.341. The van der Waals surface area contributed by atoms with Crippen LogP contribution in [-0.4, -0.2) is 9.36 Å². The van der Waals surface area contributed by atoms with Crippen molar-refractivity contribution in [3.05, 3.63) is 42.5 Å². The summed E-state index contributed by atoms with van der Waals surface area (Å²) in [5, 5.41) is 3.25. The minimum atomic E-state index is 0.341. The van der Waals surface area contributed by atoms with Crippen molar-refractivity contribution in [2.75, 3.05) is 5.73 Å². The Morgan fingerprint density at radius 2 is 1.81 bits per heavy atom. The molecule has 3 aromatic rings. The van der Waals surface area contributed by atoms with Gasteiger partial charge in [-0.1, -0.05) is 42.5 Å². The van der Waals surface area contributed by atoms with E-state index in [2.05, 4.69) is 27.6 Å². The summed E-state index contributed by atoms with van der Waals surface area (Å²) in [7, 11) is 0. The molecule has 0 spiro atoms. The number of rotatable bonds is 1. The van der Waals surface area contributed by atoms with Gasteiger partial charge in [-0.25, -0.2) is 0 Å². The Hall–Kier alpha value is -1.94. The van der Waals surface area contributed by atoms with E-state index in [-0.39, 0.29) is 0 Å². The molecule has 0 saturated carbocycles. The SMILES string of the molecule is Nc1nsc(-c2cccc3ccccc23)n1. The molecule has 0 aliphatic carbocycles. The van der Waals surface area contributed by atoms with Crippen molar-refractivity contribution >= 4 is 28.3 Å². The van der Waals surface area contributed by atoms with Crippen molar-refractivity contribution in [1.82, 2.24) is 9.36 Å². The first-order chi connectivity index (χ1) is 7.84. The van der Waals surface area contributed by atoms with E-state index in [1.54, 1.807) is 0 Å². The Morgan fingerprint density at radius 3 is 2.62 bits per heavy atom. The van der Waals surface area contributed by atoms with Gasteiger partial charge in [0.15, 0.2) is 0 Å². The van der Waals surface area contributed by atoms with Gasteiger partial charge in [-0.15, -0.1) is 0 Å². The molecular weight excluding hydrogens is 218 g/mol. The highest BCUT2D eigenvalue weighted by molar-refractivity contribution is 7.09. The number of nitrogens with zero attached hydrogens (tertiary/aromatic N) is 2. The molecular formula is C12H9N3S. The molecule has 0 saturated heterocycles. The summed E-state index contributed by atoms with van der Waals surface area (Å²) in [6, 6.07) is 14.4. The summed E-state index contributed by atoms with van der Waals surface area (Å²) in [5.41, 5.74) is 6.64. The fourth-order valence-corrected chi connectivity index (χ4v) is 2.39. The van der Waals surface area contributed by atoms with E-state index < -0.39 is 0 Å². The average molecular weight is 227 g/mol.